The molecule has 1 heterocycles. The maximum absolute atomic E-state index is 14.3. The summed E-state index contributed by atoms with van der Waals surface area (Å²) in [4.78, 5) is 16.1. The summed E-state index contributed by atoms with van der Waals surface area (Å²) in [7, 11) is 0. The molecule has 0 saturated heterocycles. The summed E-state index contributed by atoms with van der Waals surface area (Å²) in [6.45, 7) is 4.31. The van der Waals surface area contributed by atoms with Crippen LogP contribution >= 0.6 is 12.4 Å². The molecule has 6 nitrogen and oxygen atoms in total. The zero-order valence-electron chi connectivity index (χ0n) is 15.6. The zero-order valence-corrected chi connectivity index (χ0v) is 16.4. The number of benzene rings is 2. The first kappa shape index (κ1) is 21.5. The average molecular weight is 405 g/mol. The second kappa shape index (κ2) is 9.43. The highest BCUT2D eigenvalue weighted by Crippen LogP contribution is 2.26. The number of carbonyl (C=O) groups is 1. The summed E-state index contributed by atoms with van der Waals surface area (Å²) in [5.74, 6) is 0.0209. The van der Waals surface area contributed by atoms with Gasteiger partial charge >= 0.3 is 0 Å². The van der Waals surface area contributed by atoms with E-state index in [0.29, 0.717) is 24.4 Å². The van der Waals surface area contributed by atoms with Gasteiger partial charge in [0.05, 0.1) is 5.69 Å². The van der Waals surface area contributed by atoms with Gasteiger partial charge in [0.15, 0.2) is 0 Å². The first-order valence-corrected chi connectivity index (χ1v) is 8.69. The van der Waals surface area contributed by atoms with Crippen molar-refractivity contribution in [1.82, 2.24) is 10.1 Å². The molecule has 148 valence electrons. The lowest BCUT2D eigenvalue weighted by Crippen LogP contribution is -2.14. The van der Waals surface area contributed by atoms with Crippen LogP contribution in [-0.4, -0.2) is 16.0 Å². The lowest BCUT2D eigenvalue weighted by atomic mass is 10.1. The molecule has 0 aliphatic heterocycles. The number of aromatic nitrogens is 2. The van der Waals surface area contributed by atoms with Crippen molar-refractivity contribution in [2.24, 2.45) is 11.7 Å². The van der Waals surface area contributed by atoms with Gasteiger partial charge in [0.2, 0.25) is 11.7 Å². The lowest BCUT2D eigenvalue weighted by Gasteiger charge is -2.08. The Morgan fingerprint density at radius 2 is 1.86 bits per heavy atom. The van der Waals surface area contributed by atoms with Crippen LogP contribution < -0.4 is 11.1 Å². The van der Waals surface area contributed by atoms with Gasteiger partial charge in [-0.2, -0.15) is 4.98 Å². The van der Waals surface area contributed by atoms with Crippen LogP contribution in [0.4, 0.5) is 10.1 Å². The van der Waals surface area contributed by atoms with E-state index in [1.807, 2.05) is 38.1 Å². The third-order valence-electron chi connectivity index (χ3n) is 3.96. The quantitative estimate of drug-likeness (QED) is 0.634. The van der Waals surface area contributed by atoms with Crippen LogP contribution in [0.5, 0.6) is 0 Å². The van der Waals surface area contributed by atoms with Crippen molar-refractivity contribution < 1.29 is 13.7 Å². The van der Waals surface area contributed by atoms with E-state index < -0.39 is 5.82 Å². The molecule has 3 N–H and O–H groups in total. The minimum Gasteiger partial charge on any atom is -0.334 e. The number of hydrogen-bond donors (Lipinski definition) is 2. The fourth-order valence-electron chi connectivity index (χ4n) is 2.57. The largest absolute Gasteiger partial charge is 0.334 e. The second-order valence-electron chi connectivity index (χ2n) is 6.66. The number of nitrogens with two attached hydrogens (primary N) is 1. The minimum absolute atomic E-state index is 0. The molecule has 0 aliphatic carbocycles. The topological polar surface area (TPSA) is 94.0 Å². The van der Waals surface area contributed by atoms with Crippen molar-refractivity contribution in [3.63, 3.8) is 0 Å². The van der Waals surface area contributed by atoms with E-state index in [-0.39, 0.29) is 35.8 Å². The fourth-order valence-corrected chi connectivity index (χ4v) is 2.57. The van der Waals surface area contributed by atoms with Gasteiger partial charge < -0.3 is 15.6 Å². The predicted octanol–water partition coefficient (Wildman–Crippen LogP) is 4.41. The Morgan fingerprint density at radius 1 is 1.18 bits per heavy atom. The smallest absolute Gasteiger partial charge is 0.258 e. The SMILES string of the molecule is CC(C)CC(=O)Nc1ccc(-c2nc(-c3ccc(CN)cc3)no2)cc1F.Cl. The van der Waals surface area contributed by atoms with Crippen molar-refractivity contribution >= 4 is 24.0 Å². The Morgan fingerprint density at radius 3 is 2.46 bits per heavy atom. The van der Waals surface area contributed by atoms with Gasteiger partial charge in [-0.15, -0.1) is 12.4 Å². The molecule has 1 aromatic heterocycles. The fraction of sp³-hybridized carbons (Fsp3) is 0.250. The predicted molar refractivity (Wildman–Crippen MR) is 108 cm³/mol. The summed E-state index contributed by atoms with van der Waals surface area (Å²) in [6.07, 6.45) is 0.331. The van der Waals surface area contributed by atoms with Crippen molar-refractivity contribution in [2.75, 3.05) is 5.32 Å². The van der Waals surface area contributed by atoms with Crippen LogP contribution in [0.25, 0.3) is 22.8 Å². The second-order valence-corrected chi connectivity index (χ2v) is 6.66. The van der Waals surface area contributed by atoms with E-state index in [0.717, 1.165) is 11.1 Å². The monoisotopic (exact) mass is 404 g/mol. The normalized spacial score (nSPS) is 10.6. The number of anilines is 1. The Bertz CT molecular complexity index is 942. The van der Waals surface area contributed by atoms with Gasteiger partial charge in [-0.05, 0) is 29.7 Å². The number of amides is 1. The van der Waals surface area contributed by atoms with Crippen LogP contribution in [0, 0.1) is 11.7 Å². The Labute approximate surface area is 168 Å². The highest BCUT2D eigenvalue weighted by Gasteiger charge is 2.14. The van der Waals surface area contributed by atoms with Gasteiger partial charge in [-0.25, -0.2) is 4.39 Å². The van der Waals surface area contributed by atoms with Crippen LogP contribution in [0.3, 0.4) is 0 Å². The van der Waals surface area contributed by atoms with Gasteiger partial charge in [0.1, 0.15) is 5.82 Å². The molecule has 0 bridgehead atoms. The molecule has 0 aliphatic rings. The number of nitrogens with one attached hydrogen (secondary N) is 1. The zero-order chi connectivity index (χ0) is 19.4. The lowest BCUT2D eigenvalue weighted by molar-refractivity contribution is -0.116. The average Bonchev–Trinajstić information content (AvgIpc) is 3.13. The molecular weight excluding hydrogens is 383 g/mol. The molecule has 1 amide bonds. The van der Waals surface area contributed by atoms with Gasteiger partial charge in [-0.3, -0.25) is 4.79 Å². The van der Waals surface area contributed by atoms with Crippen LogP contribution in [-0.2, 0) is 11.3 Å². The number of nitrogens with zero attached hydrogens (tertiary/aromatic N) is 2. The highest BCUT2D eigenvalue weighted by atomic mass is 35.5. The Kier molecular flexibility index (Phi) is 7.25. The number of rotatable bonds is 6. The number of halogens is 2. The Hall–Kier alpha value is -2.77. The Balaban J connectivity index is 0.00000280. The van der Waals surface area contributed by atoms with E-state index in [2.05, 4.69) is 15.5 Å². The third-order valence-corrected chi connectivity index (χ3v) is 3.96. The molecule has 2 aromatic carbocycles. The maximum atomic E-state index is 14.3. The maximum Gasteiger partial charge on any atom is 0.258 e. The molecule has 3 rings (SSSR count). The molecule has 0 radical (unpaired) electrons. The first-order valence-electron chi connectivity index (χ1n) is 8.69. The van der Waals surface area contributed by atoms with Crippen molar-refractivity contribution in [3.05, 3.63) is 53.8 Å². The van der Waals surface area contributed by atoms with Crippen molar-refractivity contribution in [1.29, 1.82) is 0 Å². The van der Waals surface area contributed by atoms with E-state index in [4.69, 9.17) is 10.3 Å². The van der Waals surface area contributed by atoms with E-state index in [1.165, 1.54) is 12.1 Å². The summed E-state index contributed by atoms with van der Waals surface area (Å²) in [5, 5.41) is 6.51. The van der Waals surface area contributed by atoms with Crippen molar-refractivity contribution in [3.8, 4) is 22.8 Å². The molecule has 8 heteroatoms. The van der Waals surface area contributed by atoms with Gasteiger partial charge in [-0.1, -0.05) is 43.3 Å². The van der Waals surface area contributed by atoms with Crippen LogP contribution in [0.2, 0.25) is 0 Å². The van der Waals surface area contributed by atoms with E-state index in [9.17, 15) is 9.18 Å². The summed E-state index contributed by atoms with van der Waals surface area (Å²) < 4.78 is 19.6. The highest BCUT2D eigenvalue weighted by molar-refractivity contribution is 5.91. The number of carbonyl (C=O) groups excluding carboxylic acids is 1. The molecular formula is C20H22ClFN4O2. The molecule has 0 unspecified atom stereocenters. The van der Waals surface area contributed by atoms with E-state index >= 15 is 0 Å². The molecule has 0 atom stereocenters. The molecule has 0 saturated carbocycles. The van der Waals surface area contributed by atoms with Crippen LogP contribution in [0.15, 0.2) is 47.0 Å². The van der Waals surface area contributed by atoms with Crippen LogP contribution in [0.1, 0.15) is 25.8 Å². The molecule has 3 aromatic rings. The third kappa shape index (κ3) is 5.15. The van der Waals surface area contributed by atoms with Gasteiger partial charge in [0, 0.05) is 24.1 Å². The summed E-state index contributed by atoms with van der Waals surface area (Å²) >= 11 is 0. The first-order chi connectivity index (χ1) is 13.0. The minimum atomic E-state index is -0.559. The van der Waals surface area contributed by atoms with Gasteiger partial charge in [0.25, 0.3) is 5.89 Å². The molecule has 0 spiro atoms. The summed E-state index contributed by atoms with van der Waals surface area (Å²) in [6, 6.07) is 11.9. The summed E-state index contributed by atoms with van der Waals surface area (Å²) in [5.41, 5.74) is 7.93. The number of hydrogen-bond acceptors (Lipinski definition) is 5. The van der Waals surface area contributed by atoms with E-state index in [1.54, 1.807) is 6.07 Å². The molecule has 28 heavy (non-hydrogen) atoms. The standard InChI is InChI=1S/C20H21FN4O2.ClH/c1-12(2)9-18(26)23-17-8-7-15(10-16(17)21)20-24-19(25-27-20)14-5-3-13(11-22)4-6-14;/h3-8,10,12H,9,11,22H2,1-2H3,(H,23,26);1H. The molecule has 0 fully saturated rings. The van der Waals surface area contributed by atoms with Crippen molar-refractivity contribution in [2.45, 2.75) is 26.8 Å².